The fourth-order valence-electron chi connectivity index (χ4n) is 2.37. The molecule has 0 radical (unpaired) electrons. The van der Waals surface area contributed by atoms with Crippen molar-refractivity contribution in [1.82, 2.24) is 4.90 Å². The van der Waals surface area contributed by atoms with Crippen molar-refractivity contribution in [1.29, 1.82) is 0 Å². The average molecular weight is 251 g/mol. The van der Waals surface area contributed by atoms with E-state index in [9.17, 15) is 15.0 Å². The van der Waals surface area contributed by atoms with Crippen LogP contribution in [0.4, 0.5) is 0 Å². The van der Waals surface area contributed by atoms with E-state index in [-0.39, 0.29) is 5.75 Å². The molecular formula is C13H17NO4. The van der Waals surface area contributed by atoms with Gasteiger partial charge in [-0.1, -0.05) is 6.07 Å². The van der Waals surface area contributed by atoms with Crippen LogP contribution in [0.1, 0.15) is 24.4 Å². The number of nitrogens with zero attached hydrogens (tertiary/aromatic N) is 1. The van der Waals surface area contributed by atoms with Gasteiger partial charge in [0.2, 0.25) is 0 Å². The van der Waals surface area contributed by atoms with E-state index in [1.807, 2.05) is 4.90 Å². The summed E-state index contributed by atoms with van der Waals surface area (Å²) in [5.41, 5.74) is 0.638. The van der Waals surface area contributed by atoms with Crippen LogP contribution in [-0.4, -0.2) is 41.3 Å². The number of ether oxygens (including phenoxy) is 1. The summed E-state index contributed by atoms with van der Waals surface area (Å²) in [5, 5.41) is 18.9. The van der Waals surface area contributed by atoms with Crippen molar-refractivity contribution in [3.63, 3.8) is 0 Å². The second-order valence-corrected chi connectivity index (χ2v) is 4.42. The van der Waals surface area contributed by atoms with Crippen molar-refractivity contribution in [2.45, 2.75) is 18.9 Å². The van der Waals surface area contributed by atoms with Gasteiger partial charge < -0.3 is 14.9 Å². The first-order valence-corrected chi connectivity index (χ1v) is 5.97. The molecule has 0 amide bonds. The Kier molecular flexibility index (Phi) is 3.72. The van der Waals surface area contributed by atoms with Crippen molar-refractivity contribution >= 4 is 5.97 Å². The number of likely N-dealkylation sites (tertiary alicyclic amines) is 1. The predicted molar refractivity (Wildman–Crippen MR) is 65.8 cm³/mol. The molecule has 1 aromatic carbocycles. The highest BCUT2D eigenvalue weighted by atomic mass is 16.5. The smallest absolute Gasteiger partial charge is 0.325 e. The first-order chi connectivity index (χ1) is 8.63. The fraction of sp³-hybridized carbons (Fsp3) is 0.462. The number of phenolic OH excluding ortho intramolecular Hbond substituents is 1. The van der Waals surface area contributed by atoms with Crippen LogP contribution in [0.25, 0.3) is 0 Å². The largest absolute Gasteiger partial charge is 0.504 e. The third kappa shape index (κ3) is 2.41. The summed E-state index contributed by atoms with van der Waals surface area (Å²) in [5.74, 6) is -0.547. The molecule has 5 heteroatoms. The Morgan fingerprint density at radius 1 is 1.39 bits per heavy atom. The molecule has 0 aliphatic carbocycles. The van der Waals surface area contributed by atoms with Gasteiger partial charge in [0.05, 0.1) is 7.11 Å². The molecule has 0 saturated carbocycles. The van der Waals surface area contributed by atoms with E-state index < -0.39 is 12.0 Å². The molecule has 0 bridgehead atoms. The van der Waals surface area contributed by atoms with Crippen LogP contribution in [0.5, 0.6) is 11.5 Å². The first-order valence-electron chi connectivity index (χ1n) is 5.97. The SMILES string of the molecule is COc1cc(C(C(=O)O)N2CCCC2)ccc1O. The van der Waals surface area contributed by atoms with E-state index in [1.54, 1.807) is 12.1 Å². The normalized spacial score (nSPS) is 17.6. The van der Waals surface area contributed by atoms with Crippen molar-refractivity contribution in [2.75, 3.05) is 20.2 Å². The average Bonchev–Trinajstić information content (AvgIpc) is 2.84. The molecular weight excluding hydrogens is 234 g/mol. The zero-order chi connectivity index (χ0) is 13.1. The van der Waals surface area contributed by atoms with Crippen LogP contribution in [-0.2, 0) is 4.79 Å². The summed E-state index contributed by atoms with van der Waals surface area (Å²) >= 11 is 0. The van der Waals surface area contributed by atoms with E-state index in [1.165, 1.54) is 13.2 Å². The minimum Gasteiger partial charge on any atom is -0.504 e. The monoisotopic (exact) mass is 251 g/mol. The van der Waals surface area contributed by atoms with E-state index in [2.05, 4.69) is 0 Å². The molecule has 1 heterocycles. The lowest BCUT2D eigenvalue weighted by Gasteiger charge is -2.24. The number of aliphatic carboxylic acids is 1. The third-order valence-corrected chi connectivity index (χ3v) is 3.26. The van der Waals surface area contributed by atoms with Gasteiger partial charge in [-0.25, -0.2) is 0 Å². The highest BCUT2D eigenvalue weighted by Gasteiger charge is 2.29. The van der Waals surface area contributed by atoms with Gasteiger partial charge in [0.1, 0.15) is 6.04 Å². The Labute approximate surface area is 106 Å². The third-order valence-electron chi connectivity index (χ3n) is 3.26. The number of phenols is 1. The standard InChI is InChI=1S/C13H17NO4/c1-18-11-8-9(4-5-10(11)15)12(13(16)17)14-6-2-3-7-14/h4-5,8,12,15H,2-3,6-7H2,1H3,(H,16,17). The Hall–Kier alpha value is -1.75. The van der Waals surface area contributed by atoms with Crippen LogP contribution in [0, 0.1) is 0 Å². The van der Waals surface area contributed by atoms with Crippen molar-refractivity contribution < 1.29 is 19.7 Å². The molecule has 1 aliphatic rings. The van der Waals surface area contributed by atoms with Gasteiger partial charge in [0.25, 0.3) is 0 Å². The zero-order valence-corrected chi connectivity index (χ0v) is 10.3. The lowest BCUT2D eigenvalue weighted by atomic mass is 10.0. The van der Waals surface area contributed by atoms with Crippen molar-refractivity contribution in [2.24, 2.45) is 0 Å². The predicted octanol–water partition coefficient (Wildman–Crippen LogP) is 1.62. The minimum atomic E-state index is -0.871. The summed E-state index contributed by atoms with van der Waals surface area (Å²) in [6, 6.07) is 4.03. The maximum absolute atomic E-state index is 11.4. The molecule has 98 valence electrons. The Morgan fingerprint density at radius 2 is 2.06 bits per heavy atom. The van der Waals surface area contributed by atoms with Gasteiger partial charge in [-0.2, -0.15) is 0 Å². The topological polar surface area (TPSA) is 70.0 Å². The first kappa shape index (κ1) is 12.7. The van der Waals surface area contributed by atoms with Gasteiger partial charge in [0.15, 0.2) is 11.5 Å². The van der Waals surface area contributed by atoms with Crippen LogP contribution >= 0.6 is 0 Å². The quantitative estimate of drug-likeness (QED) is 0.851. The lowest BCUT2D eigenvalue weighted by molar-refractivity contribution is -0.143. The van der Waals surface area contributed by atoms with Crippen molar-refractivity contribution in [3.05, 3.63) is 23.8 Å². The zero-order valence-electron chi connectivity index (χ0n) is 10.3. The lowest BCUT2D eigenvalue weighted by Crippen LogP contribution is -2.31. The van der Waals surface area contributed by atoms with Gasteiger partial charge in [-0.3, -0.25) is 9.69 Å². The van der Waals surface area contributed by atoms with Gasteiger partial charge in [-0.05, 0) is 43.6 Å². The number of carbonyl (C=O) groups is 1. The highest BCUT2D eigenvalue weighted by Crippen LogP contribution is 2.32. The number of carboxylic acids is 1. The van der Waals surface area contributed by atoms with E-state index >= 15 is 0 Å². The van der Waals surface area contributed by atoms with Crippen LogP contribution in [0.15, 0.2) is 18.2 Å². The molecule has 1 fully saturated rings. The highest BCUT2D eigenvalue weighted by molar-refractivity contribution is 5.76. The molecule has 1 atom stereocenters. The van der Waals surface area contributed by atoms with Crippen LogP contribution in [0.2, 0.25) is 0 Å². The summed E-state index contributed by atoms with van der Waals surface area (Å²) in [6.07, 6.45) is 2.05. The number of methoxy groups -OCH3 is 1. The van der Waals surface area contributed by atoms with Crippen molar-refractivity contribution in [3.8, 4) is 11.5 Å². The van der Waals surface area contributed by atoms with Crippen LogP contribution in [0.3, 0.4) is 0 Å². The summed E-state index contributed by atoms with van der Waals surface area (Å²) in [6.45, 7) is 1.58. The number of hydrogen-bond acceptors (Lipinski definition) is 4. The molecule has 5 nitrogen and oxygen atoms in total. The summed E-state index contributed by atoms with van der Waals surface area (Å²) < 4.78 is 5.02. The molecule has 1 aromatic rings. The molecule has 1 saturated heterocycles. The van der Waals surface area contributed by atoms with Crippen LogP contribution < -0.4 is 4.74 Å². The maximum Gasteiger partial charge on any atom is 0.325 e. The molecule has 18 heavy (non-hydrogen) atoms. The summed E-state index contributed by atoms with van der Waals surface area (Å²) in [4.78, 5) is 13.4. The molecule has 2 rings (SSSR count). The number of hydrogen-bond donors (Lipinski definition) is 2. The minimum absolute atomic E-state index is 0.0202. The number of aromatic hydroxyl groups is 1. The molecule has 0 spiro atoms. The molecule has 1 aliphatic heterocycles. The van der Waals surface area contributed by atoms with Gasteiger partial charge in [-0.15, -0.1) is 0 Å². The second-order valence-electron chi connectivity index (χ2n) is 4.42. The molecule has 2 N–H and O–H groups in total. The van der Waals surface area contributed by atoms with E-state index in [0.29, 0.717) is 11.3 Å². The molecule has 1 unspecified atom stereocenters. The van der Waals surface area contributed by atoms with Gasteiger partial charge >= 0.3 is 5.97 Å². The fourth-order valence-corrected chi connectivity index (χ4v) is 2.37. The van der Waals surface area contributed by atoms with E-state index in [0.717, 1.165) is 25.9 Å². The second kappa shape index (κ2) is 5.27. The number of benzene rings is 1. The maximum atomic E-state index is 11.4. The number of carboxylic acid groups (broad SMARTS) is 1. The summed E-state index contributed by atoms with van der Waals surface area (Å²) in [7, 11) is 1.45. The van der Waals surface area contributed by atoms with Gasteiger partial charge in [0, 0.05) is 0 Å². The Bertz CT molecular complexity index is 441. The number of rotatable bonds is 4. The molecule has 0 aromatic heterocycles. The Balaban J connectivity index is 2.33. The van der Waals surface area contributed by atoms with E-state index in [4.69, 9.17) is 4.74 Å². The Morgan fingerprint density at radius 3 is 2.61 bits per heavy atom.